The maximum Gasteiger partial charge on any atom is 0.330 e. The van der Waals surface area contributed by atoms with Crippen molar-refractivity contribution in [3.63, 3.8) is 0 Å². The van der Waals surface area contributed by atoms with Crippen LogP contribution in [0.25, 0.3) is 10.9 Å². The van der Waals surface area contributed by atoms with Crippen molar-refractivity contribution in [3.8, 4) is 5.75 Å². The van der Waals surface area contributed by atoms with E-state index in [-0.39, 0.29) is 11.9 Å². The Morgan fingerprint density at radius 1 is 1.12 bits per heavy atom. The SMILES string of the molecule is COc1ccc2c(c1)c(CCNC(C)=O)cn2C(=O)Nc1ccccc1. The van der Waals surface area contributed by atoms with E-state index in [1.807, 2.05) is 54.7 Å². The fourth-order valence-electron chi connectivity index (χ4n) is 2.85. The highest BCUT2D eigenvalue weighted by atomic mass is 16.5. The summed E-state index contributed by atoms with van der Waals surface area (Å²) in [4.78, 5) is 23.8. The van der Waals surface area contributed by atoms with Crippen molar-refractivity contribution in [3.05, 3.63) is 60.3 Å². The summed E-state index contributed by atoms with van der Waals surface area (Å²) in [5.74, 6) is 0.646. The second kappa shape index (κ2) is 7.74. The minimum atomic E-state index is -0.239. The normalized spacial score (nSPS) is 10.5. The van der Waals surface area contributed by atoms with Crippen LogP contribution in [-0.2, 0) is 11.2 Å². The molecule has 6 heteroatoms. The smallest absolute Gasteiger partial charge is 0.330 e. The van der Waals surface area contributed by atoms with E-state index in [4.69, 9.17) is 4.74 Å². The van der Waals surface area contributed by atoms with Crippen molar-refractivity contribution >= 4 is 28.5 Å². The zero-order chi connectivity index (χ0) is 18.5. The van der Waals surface area contributed by atoms with Crippen molar-refractivity contribution in [2.75, 3.05) is 19.0 Å². The molecule has 0 aliphatic rings. The molecule has 0 saturated carbocycles. The van der Waals surface area contributed by atoms with Crippen LogP contribution in [0.5, 0.6) is 5.75 Å². The summed E-state index contributed by atoms with van der Waals surface area (Å²) in [5, 5.41) is 6.60. The van der Waals surface area contributed by atoms with Gasteiger partial charge in [0.05, 0.1) is 12.6 Å². The predicted molar refractivity (Wildman–Crippen MR) is 102 cm³/mol. The lowest BCUT2D eigenvalue weighted by Crippen LogP contribution is -2.22. The van der Waals surface area contributed by atoms with E-state index >= 15 is 0 Å². The number of ether oxygens (including phenoxy) is 1. The first-order valence-corrected chi connectivity index (χ1v) is 8.37. The van der Waals surface area contributed by atoms with Crippen LogP contribution >= 0.6 is 0 Å². The molecule has 3 rings (SSSR count). The number of carbonyl (C=O) groups is 2. The van der Waals surface area contributed by atoms with E-state index in [1.54, 1.807) is 11.7 Å². The van der Waals surface area contributed by atoms with Gasteiger partial charge < -0.3 is 15.4 Å². The fraction of sp³-hybridized carbons (Fsp3) is 0.200. The molecule has 1 aromatic heterocycles. The number of rotatable bonds is 5. The third-order valence-corrected chi connectivity index (χ3v) is 4.11. The number of aromatic nitrogens is 1. The van der Waals surface area contributed by atoms with E-state index in [9.17, 15) is 9.59 Å². The molecule has 0 radical (unpaired) electrons. The molecule has 0 aliphatic carbocycles. The van der Waals surface area contributed by atoms with E-state index < -0.39 is 0 Å². The van der Waals surface area contributed by atoms with Crippen LogP contribution in [0.4, 0.5) is 10.5 Å². The van der Waals surface area contributed by atoms with Gasteiger partial charge in [-0.25, -0.2) is 4.79 Å². The van der Waals surface area contributed by atoms with Crippen LogP contribution < -0.4 is 15.4 Å². The molecule has 2 amide bonds. The van der Waals surface area contributed by atoms with Crippen LogP contribution in [0.15, 0.2) is 54.7 Å². The minimum absolute atomic E-state index is 0.0758. The van der Waals surface area contributed by atoms with Crippen molar-refractivity contribution in [1.82, 2.24) is 9.88 Å². The van der Waals surface area contributed by atoms with Crippen LogP contribution in [0.3, 0.4) is 0 Å². The standard InChI is InChI=1S/C20H21N3O3/c1-14(24)21-11-10-15-13-23(19-9-8-17(26-2)12-18(15)19)20(25)22-16-6-4-3-5-7-16/h3-9,12-13H,10-11H2,1-2H3,(H,21,24)(H,22,25). The first-order valence-electron chi connectivity index (χ1n) is 8.37. The third-order valence-electron chi connectivity index (χ3n) is 4.11. The zero-order valence-electron chi connectivity index (χ0n) is 14.8. The van der Waals surface area contributed by atoms with Gasteiger partial charge in [0.1, 0.15) is 5.75 Å². The van der Waals surface area contributed by atoms with Crippen LogP contribution in [0.2, 0.25) is 0 Å². The van der Waals surface area contributed by atoms with Gasteiger partial charge in [0.2, 0.25) is 5.91 Å². The topological polar surface area (TPSA) is 72.4 Å². The average Bonchev–Trinajstić information content (AvgIpc) is 3.00. The van der Waals surface area contributed by atoms with E-state index in [2.05, 4.69) is 10.6 Å². The molecule has 0 unspecified atom stereocenters. The van der Waals surface area contributed by atoms with Gasteiger partial charge in [-0.3, -0.25) is 9.36 Å². The van der Waals surface area contributed by atoms with E-state index in [0.717, 1.165) is 27.9 Å². The lowest BCUT2D eigenvalue weighted by molar-refractivity contribution is -0.118. The van der Waals surface area contributed by atoms with Gasteiger partial charge in [0, 0.05) is 30.7 Å². The van der Waals surface area contributed by atoms with Gasteiger partial charge in [0.15, 0.2) is 0 Å². The number of nitrogens with one attached hydrogen (secondary N) is 2. The molecule has 134 valence electrons. The molecule has 2 aromatic carbocycles. The zero-order valence-corrected chi connectivity index (χ0v) is 14.8. The Kier molecular flexibility index (Phi) is 5.22. The number of fused-ring (bicyclic) bond motifs is 1. The van der Waals surface area contributed by atoms with Crippen molar-refractivity contribution in [1.29, 1.82) is 0 Å². The van der Waals surface area contributed by atoms with Gasteiger partial charge in [-0.05, 0) is 42.3 Å². The summed E-state index contributed by atoms with van der Waals surface area (Å²) in [7, 11) is 1.61. The molecular formula is C20H21N3O3. The second-order valence-electron chi connectivity index (χ2n) is 5.94. The first-order chi connectivity index (χ1) is 12.6. The van der Waals surface area contributed by atoms with Crippen LogP contribution in [-0.4, -0.2) is 30.2 Å². The molecule has 0 atom stereocenters. The molecule has 0 aliphatic heterocycles. The number of hydrogen-bond donors (Lipinski definition) is 2. The second-order valence-corrected chi connectivity index (χ2v) is 5.94. The monoisotopic (exact) mass is 351 g/mol. The Balaban J connectivity index is 1.93. The lowest BCUT2D eigenvalue weighted by atomic mass is 10.1. The molecule has 0 fully saturated rings. The highest BCUT2D eigenvalue weighted by Gasteiger charge is 2.14. The van der Waals surface area contributed by atoms with Crippen molar-refractivity contribution in [2.45, 2.75) is 13.3 Å². The summed E-state index contributed by atoms with van der Waals surface area (Å²) in [6.45, 7) is 1.99. The minimum Gasteiger partial charge on any atom is -0.497 e. The highest BCUT2D eigenvalue weighted by molar-refractivity contribution is 6.00. The van der Waals surface area contributed by atoms with Crippen LogP contribution in [0, 0.1) is 0 Å². The maximum atomic E-state index is 12.7. The van der Waals surface area contributed by atoms with E-state index in [1.165, 1.54) is 6.92 Å². The average molecular weight is 351 g/mol. The Bertz CT molecular complexity index is 932. The van der Waals surface area contributed by atoms with Gasteiger partial charge in [0.25, 0.3) is 0 Å². The maximum absolute atomic E-state index is 12.7. The summed E-state index contributed by atoms with van der Waals surface area (Å²) in [6.07, 6.45) is 2.43. The lowest BCUT2D eigenvalue weighted by Gasteiger charge is -2.07. The number of hydrogen-bond acceptors (Lipinski definition) is 3. The highest BCUT2D eigenvalue weighted by Crippen LogP contribution is 2.26. The number of nitrogens with zero attached hydrogens (tertiary/aromatic N) is 1. The number of para-hydroxylation sites is 1. The van der Waals surface area contributed by atoms with Gasteiger partial charge in [-0.1, -0.05) is 18.2 Å². The Morgan fingerprint density at radius 3 is 2.58 bits per heavy atom. The third kappa shape index (κ3) is 3.85. The molecule has 1 heterocycles. The number of methoxy groups -OCH3 is 1. The Labute approximate surface area is 151 Å². The van der Waals surface area contributed by atoms with Crippen LogP contribution in [0.1, 0.15) is 12.5 Å². The molecule has 2 N–H and O–H groups in total. The molecule has 6 nitrogen and oxygen atoms in total. The first kappa shape index (κ1) is 17.5. The molecule has 0 saturated heterocycles. The number of benzene rings is 2. The number of carbonyl (C=O) groups excluding carboxylic acids is 2. The van der Waals surface area contributed by atoms with Crippen molar-refractivity contribution < 1.29 is 14.3 Å². The number of anilines is 1. The summed E-state index contributed by atoms with van der Waals surface area (Å²) >= 11 is 0. The number of amides is 2. The molecule has 3 aromatic rings. The van der Waals surface area contributed by atoms with Gasteiger partial charge in [-0.15, -0.1) is 0 Å². The summed E-state index contributed by atoms with van der Waals surface area (Å²) < 4.78 is 6.89. The van der Waals surface area contributed by atoms with Gasteiger partial charge in [-0.2, -0.15) is 0 Å². The van der Waals surface area contributed by atoms with Crippen molar-refractivity contribution in [2.24, 2.45) is 0 Å². The summed E-state index contributed by atoms with van der Waals surface area (Å²) in [5.41, 5.74) is 2.49. The molecule has 26 heavy (non-hydrogen) atoms. The largest absolute Gasteiger partial charge is 0.497 e. The molecular weight excluding hydrogens is 330 g/mol. The fourth-order valence-corrected chi connectivity index (χ4v) is 2.85. The predicted octanol–water partition coefficient (Wildman–Crippen LogP) is 3.41. The molecule has 0 spiro atoms. The van der Waals surface area contributed by atoms with Gasteiger partial charge >= 0.3 is 6.03 Å². The Morgan fingerprint density at radius 2 is 1.88 bits per heavy atom. The Hall–Kier alpha value is -3.28. The molecule has 0 bridgehead atoms. The van der Waals surface area contributed by atoms with E-state index in [0.29, 0.717) is 13.0 Å². The quantitative estimate of drug-likeness (QED) is 0.740. The summed E-state index contributed by atoms with van der Waals surface area (Å²) in [6, 6.07) is 14.7.